The van der Waals surface area contributed by atoms with E-state index in [1.165, 1.54) is 22.3 Å². The first kappa shape index (κ1) is 17.9. The van der Waals surface area contributed by atoms with Crippen molar-refractivity contribution in [3.05, 3.63) is 75.6 Å². The predicted octanol–water partition coefficient (Wildman–Crippen LogP) is 5.17. The monoisotopic (exact) mass is 346 g/mol. The summed E-state index contributed by atoms with van der Waals surface area (Å²) in [6.07, 6.45) is 1.86. The summed E-state index contributed by atoms with van der Waals surface area (Å²) in [4.78, 5) is 0. The van der Waals surface area contributed by atoms with Crippen LogP contribution in [0.5, 0.6) is 0 Å². The molecule has 0 saturated heterocycles. The van der Waals surface area contributed by atoms with Crippen LogP contribution < -0.4 is 5.43 Å². The molecule has 3 aromatic rings. The Hall–Kier alpha value is -2.88. The maximum absolute atomic E-state index is 4.70. The number of rotatable bonds is 4. The number of aromatic nitrogens is 2. The van der Waals surface area contributed by atoms with Crippen molar-refractivity contribution in [1.29, 1.82) is 0 Å². The molecule has 0 radical (unpaired) electrons. The van der Waals surface area contributed by atoms with E-state index in [2.05, 4.69) is 81.5 Å². The molecule has 0 bridgehead atoms. The molecule has 134 valence electrons. The number of aryl methyl sites for hydroxylation is 5. The summed E-state index contributed by atoms with van der Waals surface area (Å²) < 4.78 is 1.99. The minimum atomic E-state index is 0.965. The van der Waals surface area contributed by atoms with Crippen molar-refractivity contribution in [2.24, 2.45) is 5.10 Å². The van der Waals surface area contributed by atoms with E-state index in [-0.39, 0.29) is 0 Å². The van der Waals surface area contributed by atoms with Crippen molar-refractivity contribution >= 4 is 11.9 Å². The van der Waals surface area contributed by atoms with Crippen LogP contribution >= 0.6 is 0 Å². The molecule has 0 aliphatic rings. The largest absolute Gasteiger partial charge is 0.278 e. The molecule has 1 N–H and O–H groups in total. The molecule has 0 saturated carbocycles. The van der Waals surface area contributed by atoms with E-state index in [4.69, 9.17) is 5.10 Å². The third-order valence-corrected chi connectivity index (χ3v) is 4.84. The lowest BCUT2D eigenvalue weighted by Gasteiger charge is -2.07. The number of hydrogen-bond donors (Lipinski definition) is 1. The average Bonchev–Trinajstić information content (AvgIpc) is 2.87. The Balaban J connectivity index is 1.87. The summed E-state index contributed by atoms with van der Waals surface area (Å²) in [7, 11) is 0. The smallest absolute Gasteiger partial charge is 0.0689 e. The van der Waals surface area contributed by atoms with Gasteiger partial charge in [0.2, 0.25) is 0 Å². The number of benzene rings is 2. The second-order valence-electron chi connectivity index (χ2n) is 6.95. The third kappa shape index (κ3) is 3.54. The van der Waals surface area contributed by atoms with E-state index in [0.717, 1.165) is 28.3 Å². The van der Waals surface area contributed by atoms with Gasteiger partial charge in [-0.2, -0.15) is 10.2 Å². The molecule has 0 atom stereocenters. The zero-order valence-electron chi connectivity index (χ0n) is 16.4. The number of hydrazone groups is 1. The Labute approximate surface area is 155 Å². The van der Waals surface area contributed by atoms with Gasteiger partial charge in [0.1, 0.15) is 0 Å². The van der Waals surface area contributed by atoms with Crippen LogP contribution in [0.25, 0.3) is 5.69 Å². The molecule has 0 spiro atoms. The normalized spacial score (nSPS) is 11.3. The van der Waals surface area contributed by atoms with Crippen LogP contribution in [0.15, 0.2) is 41.5 Å². The van der Waals surface area contributed by atoms with Gasteiger partial charge >= 0.3 is 0 Å². The molecule has 0 aliphatic heterocycles. The molecule has 0 amide bonds. The zero-order chi connectivity index (χ0) is 18.8. The topological polar surface area (TPSA) is 42.2 Å². The van der Waals surface area contributed by atoms with Crippen LogP contribution in [-0.2, 0) is 0 Å². The van der Waals surface area contributed by atoms with E-state index in [1.54, 1.807) is 0 Å². The lowest BCUT2D eigenvalue weighted by atomic mass is 10.1. The van der Waals surface area contributed by atoms with Gasteiger partial charge in [-0.3, -0.25) is 5.43 Å². The van der Waals surface area contributed by atoms with Crippen LogP contribution in [0.4, 0.5) is 5.69 Å². The molecule has 0 aliphatic carbocycles. The number of nitrogens with zero attached hydrogens (tertiary/aromatic N) is 3. The second kappa shape index (κ2) is 7.16. The van der Waals surface area contributed by atoms with E-state index in [9.17, 15) is 0 Å². The molecule has 2 aromatic carbocycles. The van der Waals surface area contributed by atoms with E-state index >= 15 is 0 Å². The molecule has 0 unspecified atom stereocenters. The van der Waals surface area contributed by atoms with Crippen LogP contribution in [-0.4, -0.2) is 16.0 Å². The average molecular weight is 346 g/mol. The van der Waals surface area contributed by atoms with Crippen molar-refractivity contribution in [1.82, 2.24) is 9.78 Å². The van der Waals surface area contributed by atoms with Crippen molar-refractivity contribution in [3.8, 4) is 5.69 Å². The highest BCUT2D eigenvalue weighted by Crippen LogP contribution is 2.20. The van der Waals surface area contributed by atoms with Crippen LogP contribution in [0.2, 0.25) is 0 Å². The highest BCUT2D eigenvalue weighted by molar-refractivity contribution is 5.83. The second-order valence-corrected chi connectivity index (χ2v) is 6.95. The Morgan fingerprint density at radius 3 is 2.35 bits per heavy atom. The van der Waals surface area contributed by atoms with Crippen LogP contribution in [0.3, 0.4) is 0 Å². The van der Waals surface area contributed by atoms with Crippen molar-refractivity contribution < 1.29 is 0 Å². The fourth-order valence-corrected chi connectivity index (χ4v) is 3.06. The Morgan fingerprint density at radius 1 is 0.885 bits per heavy atom. The van der Waals surface area contributed by atoms with E-state index < -0.39 is 0 Å². The molecule has 26 heavy (non-hydrogen) atoms. The van der Waals surface area contributed by atoms with Crippen LogP contribution in [0, 0.1) is 41.5 Å². The molecule has 4 nitrogen and oxygen atoms in total. The summed E-state index contributed by atoms with van der Waals surface area (Å²) in [5.41, 5.74) is 13.3. The van der Waals surface area contributed by atoms with Gasteiger partial charge in [0.25, 0.3) is 0 Å². The Bertz CT molecular complexity index is 980. The lowest BCUT2D eigenvalue weighted by Crippen LogP contribution is -2.00. The highest BCUT2D eigenvalue weighted by Gasteiger charge is 2.11. The Kier molecular flexibility index (Phi) is 4.94. The van der Waals surface area contributed by atoms with E-state index in [0.29, 0.717) is 0 Å². The molecule has 1 heterocycles. The summed E-state index contributed by atoms with van der Waals surface area (Å²) >= 11 is 0. The standard InChI is InChI=1S/C22H26N4/c1-14-7-10-22(17(4)11-14)24-23-13-21-18(5)25-26(19(21)6)20-9-8-15(2)16(3)12-20/h7-13,24H,1-6H3/b23-13+. The lowest BCUT2D eigenvalue weighted by molar-refractivity contribution is 0.832. The Morgan fingerprint density at radius 2 is 1.65 bits per heavy atom. The molecule has 0 fully saturated rings. The summed E-state index contributed by atoms with van der Waals surface area (Å²) in [6, 6.07) is 12.7. The number of hydrogen-bond acceptors (Lipinski definition) is 3. The number of nitrogens with one attached hydrogen (secondary N) is 1. The predicted molar refractivity (Wildman–Crippen MR) is 110 cm³/mol. The van der Waals surface area contributed by atoms with Crippen molar-refractivity contribution in [2.45, 2.75) is 41.5 Å². The van der Waals surface area contributed by atoms with Gasteiger partial charge < -0.3 is 0 Å². The van der Waals surface area contributed by atoms with Gasteiger partial charge in [-0.25, -0.2) is 4.68 Å². The van der Waals surface area contributed by atoms with E-state index in [1.807, 2.05) is 17.8 Å². The summed E-state index contributed by atoms with van der Waals surface area (Å²) in [6.45, 7) is 12.5. The fraction of sp³-hybridized carbons (Fsp3) is 0.273. The molecular formula is C22H26N4. The zero-order valence-corrected chi connectivity index (χ0v) is 16.4. The highest BCUT2D eigenvalue weighted by atomic mass is 15.3. The maximum Gasteiger partial charge on any atom is 0.0689 e. The summed E-state index contributed by atoms with van der Waals surface area (Å²) in [5, 5.41) is 9.14. The fourth-order valence-electron chi connectivity index (χ4n) is 3.06. The maximum atomic E-state index is 4.70. The van der Waals surface area contributed by atoms with Crippen molar-refractivity contribution in [3.63, 3.8) is 0 Å². The SMILES string of the molecule is Cc1ccc(N/N=C/c2c(C)nn(-c3ccc(C)c(C)c3)c2C)c(C)c1. The molecular weight excluding hydrogens is 320 g/mol. The minimum absolute atomic E-state index is 0.965. The first-order valence-corrected chi connectivity index (χ1v) is 8.87. The third-order valence-electron chi connectivity index (χ3n) is 4.84. The molecule has 4 heteroatoms. The van der Waals surface area contributed by atoms with Gasteiger partial charge in [0.15, 0.2) is 0 Å². The van der Waals surface area contributed by atoms with Crippen LogP contribution in [0.1, 0.15) is 39.2 Å². The van der Waals surface area contributed by atoms with Gasteiger partial charge in [-0.05, 0) is 76.4 Å². The van der Waals surface area contributed by atoms with Gasteiger partial charge in [0.05, 0.1) is 29.0 Å². The van der Waals surface area contributed by atoms with Gasteiger partial charge in [-0.15, -0.1) is 0 Å². The first-order valence-electron chi connectivity index (χ1n) is 8.87. The number of anilines is 1. The van der Waals surface area contributed by atoms with Gasteiger partial charge in [-0.1, -0.05) is 23.8 Å². The molecule has 3 rings (SSSR count). The van der Waals surface area contributed by atoms with Crippen molar-refractivity contribution in [2.75, 3.05) is 5.43 Å². The minimum Gasteiger partial charge on any atom is -0.278 e. The quantitative estimate of drug-likeness (QED) is 0.523. The van der Waals surface area contributed by atoms with Gasteiger partial charge in [0, 0.05) is 5.56 Å². The first-order chi connectivity index (χ1) is 12.4. The summed E-state index contributed by atoms with van der Waals surface area (Å²) in [5.74, 6) is 0. The molecule has 1 aromatic heterocycles.